The van der Waals surface area contributed by atoms with E-state index in [0.29, 0.717) is 6.61 Å². The molecule has 0 fully saturated rings. The SMILES string of the molecule is C=CC=CC=CC#CC=C1C=CCO1. The average molecular weight is 184 g/mol. The molecule has 14 heavy (non-hydrogen) atoms. The van der Waals surface area contributed by atoms with Gasteiger partial charge in [-0.2, -0.15) is 0 Å². The molecule has 0 bridgehead atoms. The fraction of sp³-hybridized carbons (Fsp3) is 0.0769. The predicted octanol–water partition coefficient (Wildman–Crippen LogP) is 2.76. The molecule has 1 rings (SSSR count). The zero-order valence-corrected chi connectivity index (χ0v) is 7.94. The van der Waals surface area contributed by atoms with Gasteiger partial charge in [-0.05, 0) is 18.2 Å². The summed E-state index contributed by atoms with van der Waals surface area (Å²) >= 11 is 0. The Hall–Kier alpha value is -1.94. The van der Waals surface area contributed by atoms with Gasteiger partial charge in [0, 0.05) is 6.08 Å². The highest BCUT2D eigenvalue weighted by atomic mass is 16.5. The monoisotopic (exact) mass is 184 g/mol. The van der Waals surface area contributed by atoms with Crippen LogP contribution >= 0.6 is 0 Å². The molecule has 0 saturated heterocycles. The third kappa shape index (κ3) is 4.18. The van der Waals surface area contributed by atoms with Crippen LogP contribution in [0.25, 0.3) is 0 Å². The average Bonchev–Trinajstić information content (AvgIpc) is 2.69. The molecule has 0 aromatic heterocycles. The van der Waals surface area contributed by atoms with Gasteiger partial charge < -0.3 is 4.74 Å². The maximum absolute atomic E-state index is 5.19. The van der Waals surface area contributed by atoms with Crippen molar-refractivity contribution in [3.8, 4) is 11.8 Å². The number of allylic oxidation sites excluding steroid dienone is 7. The summed E-state index contributed by atoms with van der Waals surface area (Å²) in [7, 11) is 0. The van der Waals surface area contributed by atoms with Crippen LogP contribution in [0.15, 0.2) is 60.9 Å². The third-order valence-corrected chi connectivity index (χ3v) is 1.46. The summed E-state index contributed by atoms with van der Waals surface area (Å²) in [5.41, 5.74) is 0. The van der Waals surface area contributed by atoms with E-state index in [9.17, 15) is 0 Å². The van der Waals surface area contributed by atoms with E-state index >= 15 is 0 Å². The zero-order valence-electron chi connectivity index (χ0n) is 7.94. The first-order chi connectivity index (χ1) is 6.93. The minimum atomic E-state index is 0.658. The van der Waals surface area contributed by atoms with Gasteiger partial charge in [0.2, 0.25) is 0 Å². The number of hydrogen-bond acceptors (Lipinski definition) is 1. The molecule has 0 unspecified atom stereocenters. The van der Waals surface area contributed by atoms with Crippen LogP contribution in [0.2, 0.25) is 0 Å². The van der Waals surface area contributed by atoms with E-state index in [2.05, 4.69) is 18.4 Å². The van der Waals surface area contributed by atoms with Crippen molar-refractivity contribution in [2.24, 2.45) is 0 Å². The number of hydrogen-bond donors (Lipinski definition) is 0. The largest absolute Gasteiger partial charge is 0.489 e. The summed E-state index contributed by atoms with van der Waals surface area (Å²) in [4.78, 5) is 0. The molecule has 0 saturated carbocycles. The highest BCUT2D eigenvalue weighted by Gasteiger charge is 1.95. The van der Waals surface area contributed by atoms with Gasteiger partial charge >= 0.3 is 0 Å². The van der Waals surface area contributed by atoms with Crippen LogP contribution < -0.4 is 0 Å². The number of rotatable bonds is 2. The molecule has 0 aromatic carbocycles. The Balaban J connectivity index is 2.36. The lowest BCUT2D eigenvalue weighted by Crippen LogP contribution is -1.77. The van der Waals surface area contributed by atoms with Crippen LogP contribution in [-0.2, 0) is 4.74 Å². The topological polar surface area (TPSA) is 9.23 Å². The van der Waals surface area contributed by atoms with Crippen LogP contribution in [0, 0.1) is 11.8 Å². The normalized spacial score (nSPS) is 17.3. The molecule has 1 aliphatic rings. The van der Waals surface area contributed by atoms with Crippen molar-refractivity contribution < 1.29 is 4.74 Å². The molecular formula is C13H12O. The standard InChI is InChI=1S/C13H12O/c1-2-3-4-5-6-7-8-10-13-11-9-12-14-13/h2-6,9-11H,1,12H2. The van der Waals surface area contributed by atoms with E-state index in [1.165, 1.54) is 0 Å². The van der Waals surface area contributed by atoms with Crippen LogP contribution in [0.3, 0.4) is 0 Å². The predicted molar refractivity (Wildman–Crippen MR) is 59.4 cm³/mol. The molecule has 1 aliphatic heterocycles. The Morgan fingerprint density at radius 2 is 2.21 bits per heavy atom. The first-order valence-electron chi connectivity index (χ1n) is 4.38. The minimum absolute atomic E-state index is 0.658. The summed E-state index contributed by atoms with van der Waals surface area (Å²) in [6.07, 6.45) is 14.7. The van der Waals surface area contributed by atoms with Gasteiger partial charge in [-0.25, -0.2) is 0 Å². The van der Waals surface area contributed by atoms with E-state index in [1.54, 1.807) is 18.2 Å². The fourth-order valence-corrected chi connectivity index (χ4v) is 0.854. The van der Waals surface area contributed by atoms with Crippen molar-refractivity contribution in [1.82, 2.24) is 0 Å². The molecule has 0 aromatic rings. The summed E-state index contributed by atoms with van der Waals surface area (Å²) in [5.74, 6) is 6.56. The highest BCUT2D eigenvalue weighted by Crippen LogP contribution is 2.05. The first-order valence-corrected chi connectivity index (χ1v) is 4.38. The summed E-state index contributed by atoms with van der Waals surface area (Å²) in [5, 5.41) is 0. The Morgan fingerprint density at radius 3 is 2.93 bits per heavy atom. The Bertz CT molecular complexity index is 356. The van der Waals surface area contributed by atoms with Crippen LogP contribution in [0.1, 0.15) is 0 Å². The van der Waals surface area contributed by atoms with Gasteiger partial charge in [0.1, 0.15) is 12.4 Å². The van der Waals surface area contributed by atoms with E-state index in [1.807, 2.05) is 30.4 Å². The van der Waals surface area contributed by atoms with Gasteiger partial charge in [-0.1, -0.05) is 42.7 Å². The molecular weight excluding hydrogens is 172 g/mol. The van der Waals surface area contributed by atoms with E-state index in [4.69, 9.17) is 4.74 Å². The maximum atomic E-state index is 5.19. The van der Waals surface area contributed by atoms with Gasteiger partial charge in [-0.15, -0.1) is 0 Å². The lowest BCUT2D eigenvalue weighted by molar-refractivity contribution is 0.279. The highest BCUT2D eigenvalue weighted by molar-refractivity contribution is 5.31. The van der Waals surface area contributed by atoms with Crippen molar-refractivity contribution >= 4 is 0 Å². The smallest absolute Gasteiger partial charge is 0.127 e. The molecule has 70 valence electrons. The molecule has 0 atom stereocenters. The van der Waals surface area contributed by atoms with E-state index in [-0.39, 0.29) is 0 Å². The second-order valence-corrected chi connectivity index (χ2v) is 2.53. The molecule has 1 heteroatoms. The lowest BCUT2D eigenvalue weighted by atomic mass is 10.4. The lowest BCUT2D eigenvalue weighted by Gasteiger charge is -1.91. The molecule has 0 amide bonds. The van der Waals surface area contributed by atoms with Crippen molar-refractivity contribution in [3.05, 3.63) is 60.9 Å². The minimum Gasteiger partial charge on any atom is -0.489 e. The second-order valence-electron chi connectivity index (χ2n) is 2.53. The van der Waals surface area contributed by atoms with Crippen molar-refractivity contribution in [2.45, 2.75) is 0 Å². The summed E-state index contributed by atoms with van der Waals surface area (Å²) in [6.45, 7) is 4.21. The van der Waals surface area contributed by atoms with Gasteiger partial charge in [0.25, 0.3) is 0 Å². The molecule has 0 aliphatic carbocycles. The van der Waals surface area contributed by atoms with Crippen LogP contribution in [0.5, 0.6) is 0 Å². The second kappa shape index (κ2) is 6.56. The molecule has 1 heterocycles. The Kier molecular flexibility index (Phi) is 4.75. The van der Waals surface area contributed by atoms with E-state index < -0.39 is 0 Å². The maximum Gasteiger partial charge on any atom is 0.127 e. The first kappa shape index (κ1) is 10.1. The van der Waals surface area contributed by atoms with Crippen LogP contribution in [0.4, 0.5) is 0 Å². The van der Waals surface area contributed by atoms with Crippen molar-refractivity contribution in [2.75, 3.05) is 6.61 Å². The molecule has 0 radical (unpaired) electrons. The Morgan fingerprint density at radius 1 is 1.29 bits per heavy atom. The molecule has 1 nitrogen and oxygen atoms in total. The summed E-state index contributed by atoms with van der Waals surface area (Å²) in [6, 6.07) is 0. The van der Waals surface area contributed by atoms with Crippen LogP contribution in [-0.4, -0.2) is 6.61 Å². The fourth-order valence-electron chi connectivity index (χ4n) is 0.854. The van der Waals surface area contributed by atoms with Gasteiger partial charge in [-0.3, -0.25) is 0 Å². The van der Waals surface area contributed by atoms with Gasteiger partial charge in [0.15, 0.2) is 0 Å². The quantitative estimate of drug-likeness (QED) is 0.473. The Labute approximate surface area is 84.8 Å². The molecule has 0 N–H and O–H groups in total. The van der Waals surface area contributed by atoms with Gasteiger partial charge in [0.05, 0.1) is 0 Å². The summed E-state index contributed by atoms with van der Waals surface area (Å²) < 4.78 is 5.19. The molecule has 0 spiro atoms. The number of ether oxygens (including phenoxy) is 1. The van der Waals surface area contributed by atoms with E-state index in [0.717, 1.165) is 5.76 Å². The third-order valence-electron chi connectivity index (χ3n) is 1.46. The zero-order chi connectivity index (χ0) is 10.1. The van der Waals surface area contributed by atoms with Crippen molar-refractivity contribution in [3.63, 3.8) is 0 Å². The van der Waals surface area contributed by atoms with Crippen molar-refractivity contribution in [1.29, 1.82) is 0 Å².